The molecule has 0 unspecified atom stereocenters. The molecule has 7 heteroatoms. The molecule has 168 valence electrons. The number of anilines is 1. The van der Waals surface area contributed by atoms with Gasteiger partial charge in [0.1, 0.15) is 9.88 Å². The van der Waals surface area contributed by atoms with Crippen molar-refractivity contribution < 1.29 is 4.79 Å². The average molecular weight is 477 g/mol. The number of carbonyl (C=O) groups excluding carboxylic acids is 1. The quantitative estimate of drug-likeness (QED) is 0.370. The second-order valence-corrected chi connectivity index (χ2v) is 10.2. The third-order valence-electron chi connectivity index (χ3n) is 6.72. The number of halogens is 1. The Morgan fingerprint density at radius 1 is 0.970 bits per heavy atom. The van der Waals surface area contributed by atoms with Crippen molar-refractivity contribution in [3.63, 3.8) is 0 Å². The number of thiazole rings is 1. The highest BCUT2D eigenvalue weighted by atomic mass is 35.5. The first kappa shape index (κ1) is 20.9. The number of carbonyl (C=O) groups is 1. The number of hydrogen-bond donors (Lipinski definition) is 0. The Balaban J connectivity index is 1.23. The number of fused-ring (bicyclic) bond motifs is 2. The summed E-state index contributed by atoms with van der Waals surface area (Å²) in [5.74, 6) is 0.0433. The van der Waals surface area contributed by atoms with Crippen LogP contribution in [0.2, 0.25) is 5.02 Å². The first-order valence-electron chi connectivity index (χ1n) is 11.5. The summed E-state index contributed by atoms with van der Waals surface area (Å²) in [5.41, 5.74) is 4.08. The third kappa shape index (κ3) is 3.97. The van der Waals surface area contributed by atoms with Gasteiger partial charge in [0.05, 0.1) is 5.69 Å². The molecule has 0 saturated carbocycles. The fourth-order valence-electron chi connectivity index (χ4n) is 4.90. The van der Waals surface area contributed by atoms with Crippen LogP contribution < -0.4 is 4.90 Å². The molecule has 6 rings (SSSR count). The summed E-state index contributed by atoms with van der Waals surface area (Å²) in [5, 5.41) is 2.75. The van der Waals surface area contributed by atoms with Crippen molar-refractivity contribution in [1.82, 2.24) is 14.5 Å². The monoisotopic (exact) mass is 476 g/mol. The molecule has 33 heavy (non-hydrogen) atoms. The zero-order valence-electron chi connectivity index (χ0n) is 18.3. The van der Waals surface area contributed by atoms with E-state index < -0.39 is 0 Å². The molecule has 2 aliphatic rings. The second kappa shape index (κ2) is 8.60. The lowest BCUT2D eigenvalue weighted by molar-refractivity contribution is 0.0984. The summed E-state index contributed by atoms with van der Waals surface area (Å²) in [6, 6.07) is 16.2. The molecule has 5 nitrogen and oxygen atoms in total. The van der Waals surface area contributed by atoms with Crippen LogP contribution in [0.25, 0.3) is 21.5 Å². The van der Waals surface area contributed by atoms with Crippen LogP contribution in [-0.4, -0.2) is 46.5 Å². The summed E-state index contributed by atoms with van der Waals surface area (Å²) in [6.45, 7) is 5.19. The molecule has 2 aromatic carbocycles. The minimum atomic E-state index is 0.0433. The van der Waals surface area contributed by atoms with Gasteiger partial charge < -0.3 is 14.4 Å². The van der Waals surface area contributed by atoms with Crippen molar-refractivity contribution in [3.8, 4) is 10.6 Å². The molecular formula is C26H25ClN4OS. The Bertz CT molecular complexity index is 1320. The number of benzene rings is 2. The first-order chi connectivity index (χ1) is 16.2. The molecule has 1 amide bonds. The van der Waals surface area contributed by atoms with Crippen LogP contribution in [0.4, 0.5) is 5.69 Å². The van der Waals surface area contributed by atoms with E-state index in [1.54, 1.807) is 0 Å². The molecule has 1 fully saturated rings. The predicted molar refractivity (Wildman–Crippen MR) is 136 cm³/mol. The van der Waals surface area contributed by atoms with Gasteiger partial charge in [-0.1, -0.05) is 23.7 Å². The highest BCUT2D eigenvalue weighted by molar-refractivity contribution is 7.17. The van der Waals surface area contributed by atoms with Crippen molar-refractivity contribution in [3.05, 3.63) is 70.3 Å². The lowest BCUT2D eigenvalue weighted by Crippen LogP contribution is -2.36. The molecular weight excluding hydrogens is 452 g/mol. The molecule has 0 N–H and O–H groups in total. The Morgan fingerprint density at radius 2 is 1.79 bits per heavy atom. The maximum absolute atomic E-state index is 13.4. The van der Waals surface area contributed by atoms with E-state index in [1.807, 2.05) is 29.2 Å². The largest absolute Gasteiger partial charge is 0.346 e. The lowest BCUT2D eigenvalue weighted by Gasteiger charge is -2.26. The van der Waals surface area contributed by atoms with E-state index in [0.717, 1.165) is 46.3 Å². The Hall–Kier alpha value is -2.67. The maximum atomic E-state index is 13.4. The number of rotatable bonds is 5. The highest BCUT2D eigenvalue weighted by Gasteiger charge is 2.29. The second-order valence-electron chi connectivity index (χ2n) is 8.81. The standard InChI is InChI=1S/C26H25ClN4OS/c27-20-5-3-18(4-6-20)25-28-22-10-14-31(26(32)24(22)33-25)21-7-8-23-19(17-21)9-13-30(23)16-15-29-11-1-2-12-29/h3-9,13,17H,1-2,10-12,14-16H2. The van der Waals surface area contributed by atoms with Crippen LogP contribution in [-0.2, 0) is 13.0 Å². The van der Waals surface area contributed by atoms with Crippen LogP contribution in [0.1, 0.15) is 28.2 Å². The van der Waals surface area contributed by atoms with Gasteiger partial charge in [0.2, 0.25) is 0 Å². The van der Waals surface area contributed by atoms with Gasteiger partial charge in [-0.2, -0.15) is 0 Å². The van der Waals surface area contributed by atoms with E-state index in [1.165, 1.54) is 48.2 Å². The maximum Gasteiger partial charge on any atom is 0.270 e. The first-order valence-corrected chi connectivity index (χ1v) is 12.7. The van der Waals surface area contributed by atoms with Crippen LogP contribution in [0, 0.1) is 0 Å². The Morgan fingerprint density at radius 3 is 2.61 bits per heavy atom. The SMILES string of the molecule is O=C1c2sc(-c3ccc(Cl)cc3)nc2CCN1c1ccc2c(ccn2CCN2CCCC2)c1. The Labute approximate surface area is 202 Å². The number of hydrogen-bond acceptors (Lipinski definition) is 4. The average Bonchev–Trinajstić information content (AvgIpc) is 3.58. The zero-order valence-corrected chi connectivity index (χ0v) is 19.9. The van der Waals surface area contributed by atoms with E-state index in [0.29, 0.717) is 11.6 Å². The van der Waals surface area contributed by atoms with Crippen molar-refractivity contribution in [2.45, 2.75) is 25.8 Å². The van der Waals surface area contributed by atoms with Crippen LogP contribution in [0.15, 0.2) is 54.7 Å². The van der Waals surface area contributed by atoms with Crippen molar-refractivity contribution >= 4 is 45.4 Å². The summed E-state index contributed by atoms with van der Waals surface area (Å²) >= 11 is 7.49. The molecule has 0 spiro atoms. The van der Waals surface area contributed by atoms with Crippen molar-refractivity contribution in [2.24, 2.45) is 0 Å². The normalized spacial score (nSPS) is 16.6. The minimum Gasteiger partial charge on any atom is -0.346 e. The van der Waals surface area contributed by atoms with Crippen molar-refractivity contribution in [2.75, 3.05) is 31.1 Å². The number of likely N-dealkylation sites (tertiary alicyclic amines) is 1. The topological polar surface area (TPSA) is 41.4 Å². The van der Waals surface area contributed by atoms with Gasteiger partial charge in [0.25, 0.3) is 5.91 Å². The van der Waals surface area contributed by atoms with Gasteiger partial charge in [-0.3, -0.25) is 4.79 Å². The van der Waals surface area contributed by atoms with Gasteiger partial charge >= 0.3 is 0 Å². The smallest absolute Gasteiger partial charge is 0.270 e. The molecule has 0 radical (unpaired) electrons. The summed E-state index contributed by atoms with van der Waals surface area (Å²) < 4.78 is 2.33. The van der Waals surface area contributed by atoms with E-state index in [2.05, 4.69) is 39.9 Å². The van der Waals surface area contributed by atoms with E-state index in [9.17, 15) is 4.79 Å². The van der Waals surface area contributed by atoms with Gasteiger partial charge in [0, 0.05) is 59.4 Å². The van der Waals surface area contributed by atoms with Gasteiger partial charge in [-0.25, -0.2) is 4.98 Å². The van der Waals surface area contributed by atoms with E-state index in [-0.39, 0.29) is 5.91 Å². The number of nitrogens with zero attached hydrogens (tertiary/aromatic N) is 4. The molecule has 0 aliphatic carbocycles. The van der Waals surface area contributed by atoms with Crippen LogP contribution in [0.5, 0.6) is 0 Å². The summed E-state index contributed by atoms with van der Waals surface area (Å²) in [7, 11) is 0. The van der Waals surface area contributed by atoms with Gasteiger partial charge in [0.15, 0.2) is 0 Å². The zero-order chi connectivity index (χ0) is 22.4. The van der Waals surface area contributed by atoms with E-state index >= 15 is 0 Å². The van der Waals surface area contributed by atoms with Crippen LogP contribution in [0.3, 0.4) is 0 Å². The molecule has 2 aliphatic heterocycles. The molecule has 4 heterocycles. The Kier molecular flexibility index (Phi) is 5.45. The highest BCUT2D eigenvalue weighted by Crippen LogP contribution is 2.34. The third-order valence-corrected chi connectivity index (χ3v) is 8.11. The number of amides is 1. The lowest BCUT2D eigenvalue weighted by atomic mass is 10.1. The fraction of sp³-hybridized carbons (Fsp3) is 0.308. The van der Waals surface area contributed by atoms with Crippen LogP contribution >= 0.6 is 22.9 Å². The predicted octanol–water partition coefficient (Wildman–Crippen LogP) is 5.72. The van der Waals surface area contributed by atoms with Crippen molar-refractivity contribution in [1.29, 1.82) is 0 Å². The minimum absolute atomic E-state index is 0.0433. The summed E-state index contributed by atoms with van der Waals surface area (Å²) in [6.07, 6.45) is 5.58. The van der Waals surface area contributed by atoms with Gasteiger partial charge in [-0.05, 0) is 62.3 Å². The molecule has 0 bridgehead atoms. The van der Waals surface area contributed by atoms with E-state index in [4.69, 9.17) is 16.6 Å². The molecule has 1 saturated heterocycles. The molecule has 2 aromatic heterocycles. The number of aromatic nitrogens is 2. The molecule has 4 aromatic rings. The molecule has 0 atom stereocenters. The van der Waals surface area contributed by atoms with Gasteiger partial charge in [-0.15, -0.1) is 11.3 Å². The summed E-state index contributed by atoms with van der Waals surface area (Å²) in [4.78, 5) is 23.3. The fourth-order valence-corrected chi connectivity index (χ4v) is 6.09.